The van der Waals surface area contributed by atoms with Gasteiger partial charge in [0.2, 0.25) is 0 Å². The number of aromatic nitrogens is 2. The van der Waals surface area contributed by atoms with Crippen LogP contribution in [0.3, 0.4) is 0 Å². The molecule has 2 heterocycles. The zero-order valence-corrected chi connectivity index (χ0v) is 16.2. The number of nitrogens with zero attached hydrogens (tertiary/aromatic N) is 2. The van der Waals surface area contributed by atoms with E-state index in [9.17, 15) is 9.90 Å². The molecule has 0 saturated heterocycles. The number of ether oxygens (including phenoxy) is 1. The second-order valence-corrected chi connectivity index (χ2v) is 7.64. The van der Waals surface area contributed by atoms with Crippen LogP contribution in [0.15, 0.2) is 48.7 Å². The molecule has 0 aliphatic heterocycles. The van der Waals surface area contributed by atoms with Crippen molar-refractivity contribution < 1.29 is 14.6 Å². The number of hydrogen-bond acceptors (Lipinski definition) is 4. The lowest BCUT2D eigenvalue weighted by atomic mass is 9.83. The first kappa shape index (κ1) is 18.7. The minimum absolute atomic E-state index is 0.0561. The molecular formula is C23H26N2O3. The molecule has 0 bridgehead atoms. The van der Waals surface area contributed by atoms with Crippen LogP contribution in [-0.2, 0) is 6.42 Å². The van der Waals surface area contributed by atoms with Crippen molar-refractivity contribution in [2.75, 3.05) is 7.11 Å². The highest BCUT2D eigenvalue weighted by Crippen LogP contribution is 2.29. The van der Waals surface area contributed by atoms with E-state index >= 15 is 0 Å². The molecule has 1 aromatic carbocycles. The molecule has 4 rings (SSSR count). The Hall–Kier alpha value is -2.66. The first-order valence-electron chi connectivity index (χ1n) is 9.95. The summed E-state index contributed by atoms with van der Waals surface area (Å²) < 4.78 is 6.97. The number of aliphatic hydroxyl groups excluding tert-OH is 1. The number of rotatable bonds is 6. The van der Waals surface area contributed by atoms with Crippen LogP contribution in [0.1, 0.15) is 53.7 Å². The Bertz CT molecular complexity index is 962. The molecule has 1 aliphatic carbocycles. The van der Waals surface area contributed by atoms with Crippen LogP contribution in [0.2, 0.25) is 0 Å². The van der Waals surface area contributed by atoms with Crippen molar-refractivity contribution in [2.45, 2.75) is 44.6 Å². The molecule has 2 atom stereocenters. The summed E-state index contributed by atoms with van der Waals surface area (Å²) in [5, 5.41) is 14.7. The molecule has 5 nitrogen and oxygen atoms in total. The zero-order chi connectivity index (χ0) is 19.5. The van der Waals surface area contributed by atoms with Gasteiger partial charge in [-0.2, -0.15) is 5.10 Å². The number of fused-ring (bicyclic) bond motifs is 1. The predicted molar refractivity (Wildman–Crippen MR) is 108 cm³/mol. The maximum absolute atomic E-state index is 13.0. The summed E-state index contributed by atoms with van der Waals surface area (Å²) in [5.74, 6) is 0.940. The van der Waals surface area contributed by atoms with Gasteiger partial charge < -0.3 is 9.84 Å². The maximum atomic E-state index is 13.0. The van der Waals surface area contributed by atoms with E-state index in [4.69, 9.17) is 4.74 Å². The highest BCUT2D eigenvalue weighted by Gasteiger charge is 2.27. The van der Waals surface area contributed by atoms with Crippen molar-refractivity contribution in [2.24, 2.45) is 5.92 Å². The quantitative estimate of drug-likeness (QED) is 0.657. The molecule has 146 valence electrons. The Kier molecular flexibility index (Phi) is 5.44. The van der Waals surface area contributed by atoms with E-state index in [1.165, 1.54) is 0 Å². The Labute approximate surface area is 165 Å². The number of hydrogen-bond donors (Lipinski definition) is 1. The SMILES string of the molecule is COc1ccc(Cc2cc(C(=O)C[C@H]3CCCC[C@@H]3O)n3ncccc23)cc1. The van der Waals surface area contributed by atoms with Gasteiger partial charge in [0.1, 0.15) is 11.4 Å². The van der Waals surface area contributed by atoms with Crippen molar-refractivity contribution >= 4 is 11.3 Å². The molecule has 1 fully saturated rings. The fourth-order valence-electron chi connectivity index (χ4n) is 4.18. The van der Waals surface area contributed by atoms with E-state index in [1.807, 2.05) is 42.5 Å². The summed E-state index contributed by atoms with van der Waals surface area (Å²) in [4.78, 5) is 13.0. The normalized spacial score (nSPS) is 19.6. The average Bonchev–Trinajstić information content (AvgIpc) is 3.09. The summed E-state index contributed by atoms with van der Waals surface area (Å²) in [7, 11) is 1.66. The first-order chi connectivity index (χ1) is 13.7. The fraction of sp³-hybridized carbons (Fsp3) is 0.391. The number of ketones is 1. The molecule has 5 heteroatoms. The highest BCUT2D eigenvalue weighted by molar-refractivity contribution is 5.96. The number of Topliss-reactive ketones (excluding diaryl/α,β-unsaturated/α-hetero) is 1. The van der Waals surface area contributed by atoms with Crippen LogP contribution < -0.4 is 4.74 Å². The van der Waals surface area contributed by atoms with E-state index in [0.29, 0.717) is 12.1 Å². The highest BCUT2D eigenvalue weighted by atomic mass is 16.5. The largest absolute Gasteiger partial charge is 0.497 e. The average molecular weight is 378 g/mol. The predicted octanol–water partition coefficient (Wildman–Crippen LogP) is 4.06. The van der Waals surface area contributed by atoms with Crippen molar-refractivity contribution in [1.82, 2.24) is 9.61 Å². The van der Waals surface area contributed by atoms with Crippen molar-refractivity contribution in [3.05, 3.63) is 65.5 Å². The third kappa shape index (κ3) is 3.80. The molecular weight excluding hydrogens is 352 g/mol. The van der Waals surface area contributed by atoms with Crippen LogP contribution in [0.4, 0.5) is 0 Å². The summed E-state index contributed by atoms with van der Waals surface area (Å²) in [6.07, 6.45) is 6.30. The third-order valence-electron chi connectivity index (χ3n) is 5.77. The molecule has 0 unspecified atom stereocenters. The molecule has 1 saturated carbocycles. The molecule has 0 spiro atoms. The van der Waals surface area contributed by atoms with Gasteiger partial charge in [-0.3, -0.25) is 4.79 Å². The topological polar surface area (TPSA) is 63.8 Å². The van der Waals surface area contributed by atoms with Gasteiger partial charge >= 0.3 is 0 Å². The standard InChI is InChI=1S/C23H26N2O3/c1-28-19-10-8-16(9-11-19)13-18-14-21(25-20(18)6-4-12-24-25)23(27)15-17-5-2-3-7-22(17)26/h4,6,8-12,14,17,22,26H,2-3,5,7,13,15H2,1H3/t17-,22+/m1/s1. The smallest absolute Gasteiger partial charge is 0.181 e. The Morgan fingerprint density at radius 1 is 1.21 bits per heavy atom. The minimum Gasteiger partial charge on any atom is -0.497 e. The summed E-state index contributed by atoms with van der Waals surface area (Å²) in [5.41, 5.74) is 3.78. The van der Waals surface area contributed by atoms with Crippen molar-refractivity contribution in [1.29, 1.82) is 0 Å². The zero-order valence-electron chi connectivity index (χ0n) is 16.2. The van der Waals surface area contributed by atoms with Crippen LogP contribution >= 0.6 is 0 Å². The van der Waals surface area contributed by atoms with E-state index < -0.39 is 0 Å². The second kappa shape index (κ2) is 8.15. The Balaban J connectivity index is 1.61. The van der Waals surface area contributed by atoms with Gasteiger partial charge in [0, 0.05) is 12.6 Å². The van der Waals surface area contributed by atoms with Gasteiger partial charge in [-0.25, -0.2) is 4.52 Å². The lowest BCUT2D eigenvalue weighted by Crippen LogP contribution is -2.27. The summed E-state index contributed by atoms with van der Waals surface area (Å²) >= 11 is 0. The Morgan fingerprint density at radius 2 is 2.00 bits per heavy atom. The van der Waals surface area contributed by atoms with Gasteiger partial charge in [0.25, 0.3) is 0 Å². The van der Waals surface area contributed by atoms with Gasteiger partial charge in [-0.15, -0.1) is 0 Å². The van der Waals surface area contributed by atoms with Gasteiger partial charge in [0.05, 0.1) is 18.7 Å². The van der Waals surface area contributed by atoms with Crippen LogP contribution in [0.5, 0.6) is 5.75 Å². The second-order valence-electron chi connectivity index (χ2n) is 7.64. The number of carbonyl (C=O) groups is 1. The Morgan fingerprint density at radius 3 is 2.75 bits per heavy atom. The minimum atomic E-state index is -0.365. The van der Waals surface area contributed by atoms with Crippen molar-refractivity contribution in [3.8, 4) is 5.75 Å². The van der Waals surface area contributed by atoms with Gasteiger partial charge in [-0.1, -0.05) is 25.0 Å². The first-order valence-corrected chi connectivity index (χ1v) is 9.95. The van der Waals surface area contributed by atoms with E-state index in [2.05, 4.69) is 5.10 Å². The van der Waals surface area contributed by atoms with Crippen LogP contribution in [0.25, 0.3) is 5.52 Å². The lowest BCUT2D eigenvalue weighted by molar-refractivity contribution is 0.0580. The van der Waals surface area contributed by atoms with Crippen LogP contribution in [-0.4, -0.2) is 33.7 Å². The fourth-order valence-corrected chi connectivity index (χ4v) is 4.18. The van der Waals surface area contributed by atoms with E-state index in [0.717, 1.165) is 54.5 Å². The van der Waals surface area contributed by atoms with Gasteiger partial charge in [-0.05, 0) is 66.6 Å². The molecule has 1 aliphatic rings. The van der Waals surface area contributed by atoms with Crippen LogP contribution in [0, 0.1) is 5.92 Å². The molecule has 28 heavy (non-hydrogen) atoms. The number of methoxy groups -OCH3 is 1. The molecule has 0 radical (unpaired) electrons. The third-order valence-corrected chi connectivity index (χ3v) is 5.77. The monoisotopic (exact) mass is 378 g/mol. The lowest BCUT2D eigenvalue weighted by Gasteiger charge is -2.26. The number of carbonyl (C=O) groups excluding carboxylic acids is 1. The molecule has 3 aromatic rings. The van der Waals surface area contributed by atoms with Gasteiger partial charge in [0.15, 0.2) is 5.78 Å². The number of aliphatic hydroxyl groups is 1. The van der Waals surface area contributed by atoms with Crippen molar-refractivity contribution in [3.63, 3.8) is 0 Å². The molecule has 2 aromatic heterocycles. The van der Waals surface area contributed by atoms with E-state index in [1.54, 1.807) is 17.8 Å². The van der Waals surface area contributed by atoms with E-state index in [-0.39, 0.29) is 17.8 Å². The molecule has 0 amide bonds. The maximum Gasteiger partial charge on any atom is 0.181 e. The number of benzene rings is 1. The summed E-state index contributed by atoms with van der Waals surface area (Å²) in [6.45, 7) is 0. The molecule has 1 N–H and O–H groups in total. The summed E-state index contributed by atoms with van der Waals surface area (Å²) in [6, 6.07) is 13.8.